The van der Waals surface area contributed by atoms with Gasteiger partial charge < -0.3 is 25.0 Å². The summed E-state index contributed by atoms with van der Waals surface area (Å²) in [6.07, 6.45) is 7.63. The number of hydrogen-bond acceptors (Lipinski definition) is 9. The lowest BCUT2D eigenvalue weighted by Crippen LogP contribution is -2.56. The summed E-state index contributed by atoms with van der Waals surface area (Å²) in [4.78, 5) is 58.1. The molecule has 2 fully saturated rings. The van der Waals surface area contributed by atoms with Crippen LogP contribution in [0.2, 0.25) is 0 Å². The van der Waals surface area contributed by atoms with Crippen molar-refractivity contribution >= 4 is 46.2 Å². The highest BCUT2D eigenvalue weighted by Crippen LogP contribution is 2.46. The van der Waals surface area contributed by atoms with Crippen molar-refractivity contribution in [3.05, 3.63) is 46.2 Å². The normalized spacial score (nSPS) is 26.6. The second-order valence-electron chi connectivity index (χ2n) is 14.7. The zero-order valence-electron chi connectivity index (χ0n) is 29.8. The largest absolute Gasteiger partial charge is 0.464 e. The Balaban J connectivity index is 1.35. The molecule has 268 valence electrons. The third-order valence-corrected chi connectivity index (χ3v) is 10.7. The molecule has 13 heteroatoms. The molecular weight excluding hydrogens is 657 g/mol. The first-order valence-corrected chi connectivity index (χ1v) is 18.6. The van der Waals surface area contributed by atoms with Crippen molar-refractivity contribution in [2.75, 3.05) is 13.2 Å². The van der Waals surface area contributed by atoms with Crippen LogP contribution in [0.4, 0.5) is 4.79 Å². The Morgan fingerprint density at radius 1 is 1.14 bits per heavy atom. The Hall–Kier alpha value is -4.26. The van der Waals surface area contributed by atoms with Gasteiger partial charge in [0, 0.05) is 18.9 Å². The molecule has 3 aliphatic rings. The number of hydrogen-bond donors (Lipinski definition) is 2. The minimum Gasteiger partial charge on any atom is -0.464 e. The van der Waals surface area contributed by atoms with Crippen molar-refractivity contribution in [1.82, 2.24) is 30.5 Å². The van der Waals surface area contributed by atoms with E-state index < -0.39 is 47.2 Å². The van der Waals surface area contributed by atoms with Gasteiger partial charge in [0.15, 0.2) is 0 Å². The van der Waals surface area contributed by atoms with E-state index in [-0.39, 0.29) is 31.4 Å². The molecule has 1 saturated heterocycles. The SMILES string of the molecule is CCOC(=O)[C@@]12C[C@H]1/C=C\CCCCC[C@H](NC(=O)OC(C)(C)C)C(=O)N1CC(n3nc4cc(-c5ccsc5)c(C)c(C)c4n3)C[C@H]1C(=O)N2. The smallest absolute Gasteiger partial charge is 0.408 e. The number of benzene rings is 1. The number of carbonyl (C=O) groups is 4. The average molecular weight is 705 g/mol. The number of aryl methyl sites for hydroxylation is 1. The molecule has 6 rings (SSSR count). The number of esters is 1. The van der Waals surface area contributed by atoms with Gasteiger partial charge in [-0.25, -0.2) is 9.59 Å². The zero-order chi connectivity index (χ0) is 35.8. The first-order chi connectivity index (χ1) is 23.8. The van der Waals surface area contributed by atoms with Gasteiger partial charge in [0.25, 0.3) is 0 Å². The molecule has 1 aliphatic carbocycles. The minimum atomic E-state index is -1.18. The summed E-state index contributed by atoms with van der Waals surface area (Å²) in [7, 11) is 0. The highest BCUT2D eigenvalue weighted by atomic mass is 32.1. The van der Waals surface area contributed by atoms with Crippen LogP contribution in [0.15, 0.2) is 35.0 Å². The maximum absolute atomic E-state index is 14.5. The van der Waals surface area contributed by atoms with Crippen LogP contribution in [0.5, 0.6) is 0 Å². The molecule has 3 aromatic rings. The lowest BCUT2D eigenvalue weighted by Gasteiger charge is -2.30. The summed E-state index contributed by atoms with van der Waals surface area (Å²) in [5, 5.41) is 19.8. The van der Waals surface area contributed by atoms with E-state index in [1.807, 2.05) is 24.4 Å². The van der Waals surface area contributed by atoms with Crippen LogP contribution >= 0.6 is 11.3 Å². The van der Waals surface area contributed by atoms with Gasteiger partial charge in [-0.2, -0.15) is 26.3 Å². The predicted octanol–water partition coefficient (Wildman–Crippen LogP) is 5.77. The van der Waals surface area contributed by atoms with E-state index >= 15 is 0 Å². The van der Waals surface area contributed by atoms with E-state index in [4.69, 9.17) is 19.7 Å². The molecule has 5 atom stereocenters. The van der Waals surface area contributed by atoms with E-state index in [9.17, 15) is 19.2 Å². The maximum Gasteiger partial charge on any atom is 0.408 e. The number of nitrogens with one attached hydrogen (secondary N) is 2. The van der Waals surface area contributed by atoms with E-state index in [1.54, 1.807) is 43.8 Å². The van der Waals surface area contributed by atoms with Crippen LogP contribution in [0.1, 0.15) is 89.8 Å². The second kappa shape index (κ2) is 14.2. The van der Waals surface area contributed by atoms with Gasteiger partial charge in [0.05, 0.1) is 12.6 Å². The Bertz CT molecular complexity index is 1800. The summed E-state index contributed by atoms with van der Waals surface area (Å²) < 4.78 is 11.0. The van der Waals surface area contributed by atoms with E-state index in [2.05, 4.69) is 35.1 Å². The van der Waals surface area contributed by atoms with E-state index in [0.717, 1.165) is 52.5 Å². The van der Waals surface area contributed by atoms with Gasteiger partial charge in [-0.1, -0.05) is 25.0 Å². The molecule has 0 bridgehead atoms. The van der Waals surface area contributed by atoms with Crippen molar-refractivity contribution < 1.29 is 28.7 Å². The first kappa shape index (κ1) is 35.6. The molecule has 0 radical (unpaired) electrons. The molecule has 2 N–H and O–H groups in total. The molecule has 1 aromatic carbocycles. The number of amides is 3. The number of allylic oxidation sites excluding steroid dienone is 1. The molecule has 1 saturated carbocycles. The third kappa shape index (κ3) is 7.28. The van der Waals surface area contributed by atoms with Crippen molar-refractivity contribution in [2.45, 2.75) is 116 Å². The minimum absolute atomic E-state index is 0.148. The van der Waals surface area contributed by atoms with Crippen LogP contribution in [0.25, 0.3) is 22.2 Å². The summed E-state index contributed by atoms with van der Waals surface area (Å²) in [6, 6.07) is 1.85. The van der Waals surface area contributed by atoms with Gasteiger partial charge >= 0.3 is 12.1 Å². The molecule has 4 heterocycles. The number of ether oxygens (including phenoxy) is 2. The fourth-order valence-corrected chi connectivity index (χ4v) is 7.80. The fourth-order valence-electron chi connectivity index (χ4n) is 7.14. The molecule has 2 aromatic heterocycles. The molecule has 1 unspecified atom stereocenters. The molecule has 50 heavy (non-hydrogen) atoms. The summed E-state index contributed by atoms with van der Waals surface area (Å²) in [5.41, 5.74) is 3.89. The highest BCUT2D eigenvalue weighted by Gasteiger charge is 2.62. The maximum atomic E-state index is 14.5. The van der Waals surface area contributed by atoms with Gasteiger partial charge in [-0.05, 0) is 112 Å². The topological polar surface area (TPSA) is 145 Å². The highest BCUT2D eigenvalue weighted by molar-refractivity contribution is 7.08. The summed E-state index contributed by atoms with van der Waals surface area (Å²) in [6.45, 7) is 11.5. The first-order valence-electron chi connectivity index (χ1n) is 17.7. The van der Waals surface area contributed by atoms with Crippen LogP contribution in [-0.4, -0.2) is 80.1 Å². The van der Waals surface area contributed by atoms with Crippen LogP contribution < -0.4 is 10.6 Å². The van der Waals surface area contributed by atoms with Gasteiger partial charge in [-0.3, -0.25) is 9.59 Å². The summed E-state index contributed by atoms with van der Waals surface area (Å²) >= 11 is 1.63. The zero-order valence-corrected chi connectivity index (χ0v) is 30.6. The quantitative estimate of drug-likeness (QED) is 0.252. The number of fused-ring (bicyclic) bond motifs is 3. The Kier molecular flexibility index (Phi) is 10.1. The van der Waals surface area contributed by atoms with Gasteiger partial charge in [-0.15, -0.1) is 0 Å². The number of thiophene rings is 1. The second-order valence-corrected chi connectivity index (χ2v) is 15.5. The van der Waals surface area contributed by atoms with Crippen LogP contribution in [-0.2, 0) is 23.9 Å². The van der Waals surface area contributed by atoms with Crippen molar-refractivity contribution in [3.8, 4) is 11.1 Å². The number of nitrogens with zero attached hydrogens (tertiary/aromatic N) is 4. The van der Waals surface area contributed by atoms with Gasteiger partial charge in [0.1, 0.15) is 34.3 Å². The number of aromatic nitrogens is 3. The summed E-state index contributed by atoms with van der Waals surface area (Å²) in [5.74, 6) is -1.50. The van der Waals surface area contributed by atoms with Crippen molar-refractivity contribution in [1.29, 1.82) is 0 Å². The van der Waals surface area contributed by atoms with Crippen molar-refractivity contribution in [3.63, 3.8) is 0 Å². The van der Waals surface area contributed by atoms with E-state index in [0.29, 0.717) is 19.3 Å². The van der Waals surface area contributed by atoms with Crippen LogP contribution in [0, 0.1) is 19.8 Å². The molecule has 0 spiro atoms. The Morgan fingerprint density at radius 3 is 2.66 bits per heavy atom. The lowest BCUT2D eigenvalue weighted by molar-refractivity contribution is -0.150. The predicted molar refractivity (Wildman–Crippen MR) is 190 cm³/mol. The molecule has 2 aliphatic heterocycles. The third-order valence-electron chi connectivity index (χ3n) is 10.0. The average Bonchev–Trinajstić information content (AvgIpc) is 3.51. The lowest BCUT2D eigenvalue weighted by atomic mass is 9.98. The standard InChI is InChI=1S/C37H48N6O6S/c1-7-48-34(46)37-19-25(37)13-11-9-8-10-12-14-28(38-35(47)49-36(4,5)6)33(45)42-20-26(17-30(42)32(44)39-37)43-40-29-18-27(24-15-16-50-21-24)22(2)23(3)31(29)41-43/h11,13,15-16,18,21,25-26,28,30H,7-10,12,14,17,19-20H2,1-6H3,(H,38,47)(H,39,44)/b13-11-/t25-,26?,28+,30+,37-/m1/s1. The fraction of sp³-hybridized carbons (Fsp3) is 0.568. The molecular formula is C37H48N6O6S. The number of alkyl carbamates (subject to hydrolysis) is 1. The van der Waals surface area contributed by atoms with Crippen molar-refractivity contribution in [2.24, 2.45) is 5.92 Å². The number of carbonyl (C=O) groups excluding carboxylic acids is 4. The monoisotopic (exact) mass is 704 g/mol. The Morgan fingerprint density at radius 2 is 1.94 bits per heavy atom. The Labute approximate surface area is 296 Å². The molecule has 12 nitrogen and oxygen atoms in total. The van der Waals surface area contributed by atoms with Crippen LogP contribution in [0.3, 0.4) is 0 Å². The number of rotatable bonds is 5. The van der Waals surface area contributed by atoms with E-state index in [1.165, 1.54) is 4.90 Å². The van der Waals surface area contributed by atoms with Gasteiger partial charge in [0.2, 0.25) is 11.8 Å². The molecule has 3 amide bonds.